The topological polar surface area (TPSA) is 75.7 Å². The van der Waals surface area contributed by atoms with Gasteiger partial charge in [0.1, 0.15) is 12.3 Å². The van der Waals surface area contributed by atoms with Crippen molar-refractivity contribution in [1.29, 1.82) is 0 Å². The van der Waals surface area contributed by atoms with E-state index in [0.717, 1.165) is 33.9 Å². The second-order valence-electron chi connectivity index (χ2n) is 6.35. The van der Waals surface area contributed by atoms with Crippen LogP contribution < -0.4 is 14.4 Å². The maximum atomic E-state index is 12.5. The summed E-state index contributed by atoms with van der Waals surface area (Å²) in [6, 6.07) is 14.3. The summed E-state index contributed by atoms with van der Waals surface area (Å²) in [4.78, 5) is 12.5. The molecule has 146 valence electrons. The van der Waals surface area contributed by atoms with Crippen LogP contribution in [0.2, 0.25) is 0 Å². The van der Waals surface area contributed by atoms with Gasteiger partial charge in [-0.3, -0.25) is 9.10 Å². The lowest BCUT2D eigenvalue weighted by Crippen LogP contribution is -2.41. The van der Waals surface area contributed by atoms with E-state index in [1.807, 2.05) is 50.2 Å². The number of nitrogens with one attached hydrogen (secondary N) is 1. The first-order chi connectivity index (χ1) is 12.7. The second kappa shape index (κ2) is 8.90. The Morgan fingerprint density at radius 3 is 2.19 bits per heavy atom. The number of carbonyl (C=O) groups excluding carboxylic acids is 1. The first-order valence-electron chi connectivity index (χ1n) is 8.74. The highest BCUT2D eigenvalue weighted by Gasteiger charge is 2.21. The zero-order valence-electron chi connectivity index (χ0n) is 16.1. The van der Waals surface area contributed by atoms with Crippen molar-refractivity contribution >= 4 is 21.6 Å². The summed E-state index contributed by atoms with van der Waals surface area (Å²) in [5, 5.41) is 2.84. The van der Waals surface area contributed by atoms with Crippen LogP contribution in [0.5, 0.6) is 5.75 Å². The molecular formula is C20H26N2O4S. The molecule has 0 radical (unpaired) electrons. The lowest BCUT2D eigenvalue weighted by molar-refractivity contribution is -0.120. The van der Waals surface area contributed by atoms with Gasteiger partial charge in [0.15, 0.2) is 0 Å². The lowest BCUT2D eigenvalue weighted by atomic mass is 10.1. The number of methoxy groups -OCH3 is 1. The Kier molecular flexibility index (Phi) is 6.85. The lowest BCUT2D eigenvalue weighted by Gasteiger charge is -2.23. The average molecular weight is 391 g/mol. The smallest absolute Gasteiger partial charge is 0.241 e. The van der Waals surface area contributed by atoms with Gasteiger partial charge in [-0.15, -0.1) is 0 Å². The Balaban J connectivity index is 2.10. The number of aryl methyl sites for hydroxylation is 1. The molecule has 0 heterocycles. The minimum absolute atomic E-state index is 0.257. The van der Waals surface area contributed by atoms with Gasteiger partial charge in [-0.1, -0.05) is 31.2 Å². The standard InChI is InChI=1S/C20H26N2O4S/c1-5-16-6-10-18(11-7-16)22(27(4,24)25)14-20(23)21-15(2)17-8-12-19(26-3)13-9-17/h6-13,15H,5,14H2,1-4H3,(H,21,23)/t15-/m0/s1. The summed E-state index contributed by atoms with van der Waals surface area (Å²) in [6.07, 6.45) is 1.96. The van der Waals surface area contributed by atoms with E-state index in [4.69, 9.17) is 4.74 Å². The Hall–Kier alpha value is -2.54. The summed E-state index contributed by atoms with van der Waals surface area (Å²) < 4.78 is 30.6. The van der Waals surface area contributed by atoms with Crippen LogP contribution in [0.3, 0.4) is 0 Å². The largest absolute Gasteiger partial charge is 0.497 e. The third-order valence-electron chi connectivity index (χ3n) is 4.31. The van der Waals surface area contributed by atoms with Crippen molar-refractivity contribution in [2.75, 3.05) is 24.2 Å². The van der Waals surface area contributed by atoms with E-state index >= 15 is 0 Å². The molecule has 0 saturated carbocycles. The number of hydrogen-bond acceptors (Lipinski definition) is 4. The summed E-state index contributed by atoms with van der Waals surface area (Å²) in [7, 11) is -2.00. The third-order valence-corrected chi connectivity index (χ3v) is 5.45. The average Bonchev–Trinajstić information content (AvgIpc) is 2.65. The summed E-state index contributed by atoms with van der Waals surface area (Å²) in [6.45, 7) is 3.60. The Morgan fingerprint density at radius 1 is 1.11 bits per heavy atom. The maximum absolute atomic E-state index is 12.5. The molecule has 0 bridgehead atoms. The normalized spacial score (nSPS) is 12.3. The molecule has 0 unspecified atom stereocenters. The molecule has 0 fully saturated rings. The minimum Gasteiger partial charge on any atom is -0.497 e. The number of hydrogen-bond donors (Lipinski definition) is 1. The molecule has 0 aliphatic heterocycles. The second-order valence-corrected chi connectivity index (χ2v) is 8.26. The number of nitrogens with zero attached hydrogens (tertiary/aromatic N) is 1. The van der Waals surface area contributed by atoms with Crippen LogP contribution in [0.25, 0.3) is 0 Å². The first kappa shape index (κ1) is 20.8. The Bertz CT molecular complexity index is 862. The molecule has 2 aromatic carbocycles. The van der Waals surface area contributed by atoms with Crippen molar-refractivity contribution in [2.24, 2.45) is 0 Å². The van der Waals surface area contributed by atoms with Crippen LogP contribution in [-0.4, -0.2) is 34.2 Å². The van der Waals surface area contributed by atoms with Gasteiger partial charge < -0.3 is 10.1 Å². The number of anilines is 1. The molecule has 1 amide bonds. The predicted octanol–water partition coefficient (Wildman–Crippen LogP) is 2.90. The fourth-order valence-corrected chi connectivity index (χ4v) is 3.55. The van der Waals surface area contributed by atoms with Crippen molar-refractivity contribution in [1.82, 2.24) is 5.32 Å². The van der Waals surface area contributed by atoms with Gasteiger partial charge >= 0.3 is 0 Å². The zero-order valence-corrected chi connectivity index (χ0v) is 16.9. The molecule has 7 heteroatoms. The van der Waals surface area contributed by atoms with Gasteiger partial charge in [0, 0.05) is 0 Å². The van der Waals surface area contributed by atoms with E-state index in [2.05, 4.69) is 5.32 Å². The number of sulfonamides is 1. The molecule has 0 aromatic heterocycles. The number of rotatable bonds is 8. The zero-order chi connectivity index (χ0) is 20.0. The Labute approximate surface area is 161 Å². The van der Waals surface area contributed by atoms with Gasteiger partial charge in [0.05, 0.1) is 25.1 Å². The molecule has 1 N–H and O–H groups in total. The first-order valence-corrected chi connectivity index (χ1v) is 10.6. The fraction of sp³-hybridized carbons (Fsp3) is 0.350. The fourth-order valence-electron chi connectivity index (χ4n) is 2.69. The van der Waals surface area contributed by atoms with E-state index in [-0.39, 0.29) is 18.5 Å². The predicted molar refractivity (Wildman–Crippen MR) is 108 cm³/mol. The summed E-state index contributed by atoms with van der Waals surface area (Å²) in [5.74, 6) is 0.361. The number of amides is 1. The van der Waals surface area contributed by atoms with Crippen LogP contribution in [0, 0.1) is 0 Å². The molecule has 1 atom stereocenters. The van der Waals surface area contributed by atoms with Crippen LogP contribution >= 0.6 is 0 Å². The SMILES string of the molecule is CCc1ccc(N(CC(=O)N[C@@H](C)c2ccc(OC)cc2)S(C)(=O)=O)cc1. The van der Waals surface area contributed by atoms with Crippen molar-refractivity contribution in [2.45, 2.75) is 26.3 Å². The highest BCUT2D eigenvalue weighted by atomic mass is 32.2. The third kappa shape index (κ3) is 5.72. The molecule has 2 aromatic rings. The molecule has 0 aliphatic rings. The minimum atomic E-state index is -3.59. The number of carbonyl (C=O) groups is 1. The molecule has 2 rings (SSSR count). The van der Waals surface area contributed by atoms with Gasteiger partial charge in [-0.2, -0.15) is 0 Å². The quantitative estimate of drug-likeness (QED) is 0.752. The van der Waals surface area contributed by atoms with E-state index < -0.39 is 10.0 Å². The van der Waals surface area contributed by atoms with Gasteiger partial charge in [-0.05, 0) is 48.7 Å². The van der Waals surface area contributed by atoms with Gasteiger partial charge in [0.2, 0.25) is 15.9 Å². The van der Waals surface area contributed by atoms with Crippen LogP contribution in [0.4, 0.5) is 5.69 Å². The molecule has 27 heavy (non-hydrogen) atoms. The summed E-state index contributed by atoms with van der Waals surface area (Å²) in [5.41, 5.74) is 2.48. The van der Waals surface area contributed by atoms with E-state index in [9.17, 15) is 13.2 Å². The van der Waals surface area contributed by atoms with Crippen molar-refractivity contribution < 1.29 is 17.9 Å². The molecule has 0 saturated heterocycles. The van der Waals surface area contributed by atoms with Gasteiger partial charge in [0.25, 0.3) is 0 Å². The van der Waals surface area contributed by atoms with Crippen molar-refractivity contribution in [3.8, 4) is 5.75 Å². The van der Waals surface area contributed by atoms with E-state index in [1.54, 1.807) is 19.2 Å². The van der Waals surface area contributed by atoms with E-state index in [1.165, 1.54) is 0 Å². The number of ether oxygens (including phenoxy) is 1. The van der Waals surface area contributed by atoms with Gasteiger partial charge in [-0.25, -0.2) is 8.42 Å². The maximum Gasteiger partial charge on any atom is 0.241 e. The van der Waals surface area contributed by atoms with Crippen molar-refractivity contribution in [3.63, 3.8) is 0 Å². The highest BCUT2D eigenvalue weighted by molar-refractivity contribution is 7.92. The molecular weight excluding hydrogens is 364 g/mol. The summed E-state index contributed by atoms with van der Waals surface area (Å²) >= 11 is 0. The van der Waals surface area contributed by atoms with Crippen LogP contribution in [0.15, 0.2) is 48.5 Å². The van der Waals surface area contributed by atoms with Crippen LogP contribution in [-0.2, 0) is 21.2 Å². The molecule has 0 aliphatic carbocycles. The molecule has 6 nitrogen and oxygen atoms in total. The monoisotopic (exact) mass is 390 g/mol. The Morgan fingerprint density at radius 2 is 1.70 bits per heavy atom. The molecule has 0 spiro atoms. The highest BCUT2D eigenvalue weighted by Crippen LogP contribution is 2.20. The van der Waals surface area contributed by atoms with Crippen molar-refractivity contribution in [3.05, 3.63) is 59.7 Å². The van der Waals surface area contributed by atoms with Crippen LogP contribution in [0.1, 0.15) is 31.0 Å². The van der Waals surface area contributed by atoms with E-state index in [0.29, 0.717) is 5.69 Å². The number of benzene rings is 2.